The molecule has 17 heavy (non-hydrogen) atoms. The van der Waals surface area contributed by atoms with Crippen LogP contribution in [0.15, 0.2) is 42.5 Å². The van der Waals surface area contributed by atoms with Gasteiger partial charge in [0.2, 0.25) is 5.88 Å². The van der Waals surface area contributed by atoms with Gasteiger partial charge in [0, 0.05) is 11.8 Å². The zero-order valence-corrected chi connectivity index (χ0v) is 9.55. The first-order valence-electron chi connectivity index (χ1n) is 5.33. The van der Waals surface area contributed by atoms with Crippen molar-refractivity contribution in [1.29, 1.82) is 5.26 Å². The zero-order valence-electron chi connectivity index (χ0n) is 9.55. The van der Waals surface area contributed by atoms with E-state index in [0.29, 0.717) is 18.1 Å². The van der Waals surface area contributed by atoms with Gasteiger partial charge in [0.15, 0.2) is 0 Å². The van der Waals surface area contributed by atoms with Gasteiger partial charge in [0.05, 0.1) is 11.6 Å². The molecule has 0 fully saturated rings. The van der Waals surface area contributed by atoms with Gasteiger partial charge in [-0.2, -0.15) is 5.26 Å². The molecule has 3 nitrogen and oxygen atoms in total. The van der Waals surface area contributed by atoms with Crippen molar-refractivity contribution in [1.82, 2.24) is 4.98 Å². The van der Waals surface area contributed by atoms with Crippen LogP contribution in [0.5, 0.6) is 5.88 Å². The highest BCUT2D eigenvalue weighted by atomic mass is 16.5. The summed E-state index contributed by atoms with van der Waals surface area (Å²) in [5.41, 5.74) is 2.43. The number of aryl methyl sites for hydroxylation is 1. The molecule has 0 aliphatic carbocycles. The lowest BCUT2D eigenvalue weighted by molar-refractivity contribution is 0.293. The van der Waals surface area contributed by atoms with Crippen LogP contribution in [0.1, 0.15) is 16.8 Å². The Morgan fingerprint density at radius 2 is 2.00 bits per heavy atom. The van der Waals surface area contributed by atoms with Crippen LogP contribution in [0, 0.1) is 18.3 Å². The maximum atomic E-state index is 8.84. The van der Waals surface area contributed by atoms with Crippen molar-refractivity contribution in [3.05, 3.63) is 59.3 Å². The lowest BCUT2D eigenvalue weighted by atomic mass is 10.2. The fourth-order valence-electron chi connectivity index (χ4n) is 1.51. The molecule has 0 aliphatic heterocycles. The van der Waals surface area contributed by atoms with Gasteiger partial charge in [-0.15, -0.1) is 0 Å². The number of rotatable bonds is 3. The predicted molar refractivity (Wildman–Crippen MR) is 64.5 cm³/mol. The zero-order chi connectivity index (χ0) is 12.1. The first-order chi connectivity index (χ1) is 8.28. The average molecular weight is 224 g/mol. The summed E-state index contributed by atoms with van der Waals surface area (Å²) in [5.74, 6) is 0.491. The van der Waals surface area contributed by atoms with Gasteiger partial charge < -0.3 is 4.74 Å². The van der Waals surface area contributed by atoms with Gasteiger partial charge in [0.1, 0.15) is 6.61 Å². The van der Waals surface area contributed by atoms with Gasteiger partial charge in [-0.3, -0.25) is 0 Å². The molecule has 0 bridgehead atoms. The monoisotopic (exact) mass is 224 g/mol. The van der Waals surface area contributed by atoms with E-state index in [0.717, 1.165) is 11.3 Å². The van der Waals surface area contributed by atoms with Crippen molar-refractivity contribution in [2.75, 3.05) is 0 Å². The van der Waals surface area contributed by atoms with Crippen LogP contribution >= 0.6 is 0 Å². The number of ether oxygens (including phenoxy) is 1. The summed E-state index contributed by atoms with van der Waals surface area (Å²) in [6.45, 7) is 2.30. The minimum atomic E-state index is 0.460. The molecule has 2 rings (SSSR count). The topological polar surface area (TPSA) is 45.9 Å². The van der Waals surface area contributed by atoms with E-state index in [2.05, 4.69) is 11.1 Å². The van der Waals surface area contributed by atoms with E-state index >= 15 is 0 Å². The standard InChI is InChI=1S/C14H12N2O/c1-11-7-13(9-15)8-14(16-11)17-10-12-5-3-2-4-6-12/h2-8H,10H2,1H3. The van der Waals surface area contributed by atoms with Crippen molar-refractivity contribution >= 4 is 0 Å². The number of hydrogen-bond donors (Lipinski definition) is 0. The summed E-state index contributed by atoms with van der Waals surface area (Å²) in [5, 5.41) is 8.84. The van der Waals surface area contributed by atoms with Crippen LogP contribution in [0.2, 0.25) is 0 Å². The molecule has 2 aromatic rings. The third-order valence-electron chi connectivity index (χ3n) is 2.29. The van der Waals surface area contributed by atoms with Crippen LogP contribution in [0.4, 0.5) is 0 Å². The van der Waals surface area contributed by atoms with Gasteiger partial charge in [-0.25, -0.2) is 4.98 Å². The molecule has 3 heteroatoms. The van der Waals surface area contributed by atoms with E-state index in [-0.39, 0.29) is 0 Å². The SMILES string of the molecule is Cc1cc(C#N)cc(OCc2ccccc2)n1. The highest BCUT2D eigenvalue weighted by Crippen LogP contribution is 2.13. The van der Waals surface area contributed by atoms with Crippen LogP contribution in [0.3, 0.4) is 0 Å². The second-order valence-corrected chi connectivity index (χ2v) is 3.72. The molecule has 0 unspecified atom stereocenters. The maximum Gasteiger partial charge on any atom is 0.215 e. The lowest BCUT2D eigenvalue weighted by Crippen LogP contribution is -1.98. The molecule has 0 saturated carbocycles. The van der Waals surface area contributed by atoms with Crippen molar-refractivity contribution < 1.29 is 4.74 Å². The summed E-state index contributed by atoms with van der Waals surface area (Å²) in [4.78, 5) is 4.22. The minimum Gasteiger partial charge on any atom is -0.473 e. The van der Waals surface area contributed by atoms with Gasteiger partial charge in [0.25, 0.3) is 0 Å². The summed E-state index contributed by atoms with van der Waals surface area (Å²) in [6, 6.07) is 15.3. The largest absolute Gasteiger partial charge is 0.473 e. The Morgan fingerprint density at radius 3 is 2.71 bits per heavy atom. The fraction of sp³-hybridized carbons (Fsp3) is 0.143. The predicted octanol–water partition coefficient (Wildman–Crippen LogP) is 2.84. The van der Waals surface area contributed by atoms with Crippen LogP contribution < -0.4 is 4.74 Å². The Balaban J connectivity index is 2.10. The van der Waals surface area contributed by atoms with Crippen LogP contribution in [-0.2, 0) is 6.61 Å². The summed E-state index contributed by atoms with van der Waals surface area (Å²) in [7, 11) is 0. The van der Waals surface area contributed by atoms with Gasteiger partial charge >= 0.3 is 0 Å². The highest BCUT2D eigenvalue weighted by molar-refractivity contribution is 5.34. The molecule has 0 amide bonds. The number of aromatic nitrogens is 1. The Hall–Kier alpha value is -2.34. The molecular formula is C14H12N2O. The smallest absolute Gasteiger partial charge is 0.215 e. The third kappa shape index (κ3) is 3.05. The fourth-order valence-corrected chi connectivity index (χ4v) is 1.51. The molecule has 0 radical (unpaired) electrons. The molecule has 0 spiro atoms. The Bertz CT molecular complexity index is 544. The van der Waals surface area contributed by atoms with E-state index in [1.807, 2.05) is 37.3 Å². The molecule has 0 N–H and O–H groups in total. The lowest BCUT2D eigenvalue weighted by Gasteiger charge is -2.06. The molecule has 84 valence electrons. The second-order valence-electron chi connectivity index (χ2n) is 3.72. The average Bonchev–Trinajstić information content (AvgIpc) is 2.37. The number of nitriles is 1. The third-order valence-corrected chi connectivity index (χ3v) is 2.29. The van der Waals surface area contributed by atoms with Crippen LogP contribution in [0.25, 0.3) is 0 Å². The number of nitrogens with zero attached hydrogens (tertiary/aromatic N) is 2. The maximum absolute atomic E-state index is 8.84. The number of pyridine rings is 1. The molecule has 0 saturated heterocycles. The second kappa shape index (κ2) is 5.13. The van der Waals surface area contributed by atoms with E-state index in [9.17, 15) is 0 Å². The first kappa shape index (κ1) is 11.2. The quantitative estimate of drug-likeness (QED) is 0.805. The summed E-state index contributed by atoms with van der Waals surface area (Å²) < 4.78 is 5.55. The van der Waals surface area contributed by atoms with Crippen LogP contribution in [-0.4, -0.2) is 4.98 Å². The highest BCUT2D eigenvalue weighted by Gasteiger charge is 2.01. The minimum absolute atomic E-state index is 0.460. The van der Waals surface area contributed by atoms with E-state index in [1.165, 1.54) is 0 Å². The normalized spacial score (nSPS) is 9.65. The van der Waals surface area contributed by atoms with E-state index in [1.54, 1.807) is 12.1 Å². The molecule has 1 aromatic heterocycles. The summed E-state index contributed by atoms with van der Waals surface area (Å²) >= 11 is 0. The van der Waals surface area contributed by atoms with Crippen molar-refractivity contribution in [2.24, 2.45) is 0 Å². The number of hydrogen-bond acceptors (Lipinski definition) is 3. The van der Waals surface area contributed by atoms with Crippen molar-refractivity contribution in [2.45, 2.75) is 13.5 Å². The Labute approximate surface area is 100 Å². The molecule has 0 atom stereocenters. The molecular weight excluding hydrogens is 212 g/mol. The number of benzene rings is 1. The van der Waals surface area contributed by atoms with E-state index < -0.39 is 0 Å². The van der Waals surface area contributed by atoms with Crippen molar-refractivity contribution in [3.8, 4) is 11.9 Å². The first-order valence-corrected chi connectivity index (χ1v) is 5.33. The Morgan fingerprint density at radius 1 is 1.24 bits per heavy atom. The molecule has 1 aromatic carbocycles. The summed E-state index contributed by atoms with van der Waals surface area (Å²) in [6.07, 6.45) is 0. The van der Waals surface area contributed by atoms with Crippen molar-refractivity contribution in [3.63, 3.8) is 0 Å². The molecule has 0 aliphatic rings. The van der Waals surface area contributed by atoms with Gasteiger partial charge in [-0.05, 0) is 18.6 Å². The Kier molecular flexibility index (Phi) is 3.37. The van der Waals surface area contributed by atoms with E-state index in [4.69, 9.17) is 10.00 Å². The van der Waals surface area contributed by atoms with Gasteiger partial charge in [-0.1, -0.05) is 30.3 Å². The molecule has 1 heterocycles.